The first-order valence-corrected chi connectivity index (χ1v) is 6.55. The molecule has 1 nitrogen and oxygen atoms in total. The first-order chi connectivity index (χ1) is 8.73. The third kappa shape index (κ3) is 2.67. The lowest BCUT2D eigenvalue weighted by atomic mass is 9.91. The zero-order valence-corrected chi connectivity index (χ0v) is 11.3. The summed E-state index contributed by atoms with van der Waals surface area (Å²) in [5, 5.41) is 12.4. The molecule has 1 aromatic heterocycles. The maximum absolute atomic E-state index is 12.7. The van der Waals surface area contributed by atoms with Gasteiger partial charge in [-0.15, -0.1) is 11.3 Å². The topological polar surface area (TPSA) is 20.2 Å². The van der Waals surface area contributed by atoms with Gasteiger partial charge < -0.3 is 5.11 Å². The van der Waals surface area contributed by atoms with Crippen LogP contribution in [0.2, 0.25) is 0 Å². The number of thiophene rings is 1. The van der Waals surface area contributed by atoms with E-state index in [2.05, 4.69) is 0 Å². The van der Waals surface area contributed by atoms with Gasteiger partial charge in [0.2, 0.25) is 0 Å². The molecule has 0 saturated carbocycles. The van der Waals surface area contributed by atoms with Crippen LogP contribution in [0.5, 0.6) is 0 Å². The average Bonchev–Trinajstić information content (AvgIpc) is 2.75. The third-order valence-electron chi connectivity index (χ3n) is 3.06. The molecule has 1 unspecified atom stereocenters. The van der Waals surface area contributed by atoms with Crippen LogP contribution in [0, 0.1) is 6.92 Å². The summed E-state index contributed by atoms with van der Waals surface area (Å²) >= 11 is 1.33. The molecule has 0 amide bonds. The van der Waals surface area contributed by atoms with Gasteiger partial charge >= 0.3 is 6.18 Å². The van der Waals surface area contributed by atoms with Crippen LogP contribution >= 0.6 is 11.3 Å². The molecule has 0 fully saturated rings. The molecule has 1 atom stereocenters. The highest BCUT2D eigenvalue weighted by Crippen LogP contribution is 2.37. The Morgan fingerprint density at radius 3 is 2.26 bits per heavy atom. The van der Waals surface area contributed by atoms with Gasteiger partial charge in [-0.25, -0.2) is 0 Å². The molecule has 102 valence electrons. The second-order valence-electron chi connectivity index (χ2n) is 4.58. The molecule has 1 heterocycles. The van der Waals surface area contributed by atoms with Crippen molar-refractivity contribution in [3.05, 3.63) is 57.3 Å². The summed E-state index contributed by atoms with van der Waals surface area (Å²) in [5.74, 6) is 0. The minimum atomic E-state index is -4.41. The number of benzene rings is 1. The van der Waals surface area contributed by atoms with Crippen LogP contribution in [0.15, 0.2) is 35.7 Å². The molecule has 0 aliphatic rings. The maximum atomic E-state index is 12.7. The number of alkyl halides is 3. The summed E-state index contributed by atoms with van der Waals surface area (Å²) in [7, 11) is 0. The van der Waals surface area contributed by atoms with E-state index in [0.29, 0.717) is 4.88 Å². The monoisotopic (exact) mass is 286 g/mol. The summed E-state index contributed by atoms with van der Waals surface area (Å²) < 4.78 is 38.1. The first-order valence-electron chi connectivity index (χ1n) is 5.67. The predicted octanol–water partition coefficient (Wildman–Crippen LogP) is 4.33. The van der Waals surface area contributed by atoms with Gasteiger partial charge in [0.05, 0.1) is 5.56 Å². The normalized spacial score (nSPS) is 15.3. The van der Waals surface area contributed by atoms with Crippen molar-refractivity contribution < 1.29 is 18.3 Å². The van der Waals surface area contributed by atoms with E-state index in [1.165, 1.54) is 30.4 Å². The quantitative estimate of drug-likeness (QED) is 0.871. The zero-order chi connectivity index (χ0) is 14.3. The highest BCUT2D eigenvalue weighted by atomic mass is 32.1. The van der Waals surface area contributed by atoms with Crippen molar-refractivity contribution in [1.29, 1.82) is 0 Å². The predicted molar refractivity (Wildman–Crippen MR) is 69.2 cm³/mol. The van der Waals surface area contributed by atoms with Gasteiger partial charge in [-0.05, 0) is 48.6 Å². The Balaban J connectivity index is 2.50. The van der Waals surface area contributed by atoms with E-state index >= 15 is 0 Å². The van der Waals surface area contributed by atoms with Gasteiger partial charge in [0.25, 0.3) is 0 Å². The molecule has 1 N–H and O–H groups in total. The molecule has 2 aromatic rings. The van der Waals surface area contributed by atoms with E-state index in [4.69, 9.17) is 0 Å². The van der Waals surface area contributed by atoms with Crippen LogP contribution in [0.4, 0.5) is 13.2 Å². The molecular formula is C14H13F3OS. The third-order valence-corrected chi connectivity index (χ3v) is 4.28. The van der Waals surface area contributed by atoms with Crippen molar-refractivity contribution in [2.75, 3.05) is 0 Å². The van der Waals surface area contributed by atoms with E-state index in [9.17, 15) is 18.3 Å². The fraction of sp³-hybridized carbons (Fsp3) is 0.286. The van der Waals surface area contributed by atoms with Gasteiger partial charge in [-0.2, -0.15) is 13.2 Å². The number of halogens is 3. The van der Waals surface area contributed by atoms with Gasteiger partial charge in [-0.1, -0.05) is 12.1 Å². The van der Waals surface area contributed by atoms with Crippen LogP contribution in [0.3, 0.4) is 0 Å². The molecule has 0 aliphatic heterocycles. The SMILES string of the molecule is Cc1ccsc1C(C)(O)c1cccc(C(F)(F)F)c1. The van der Waals surface area contributed by atoms with Gasteiger partial charge in [0.1, 0.15) is 5.60 Å². The van der Waals surface area contributed by atoms with E-state index < -0.39 is 17.3 Å². The second kappa shape index (κ2) is 4.65. The van der Waals surface area contributed by atoms with E-state index in [0.717, 1.165) is 17.7 Å². The van der Waals surface area contributed by atoms with Gasteiger partial charge in [0, 0.05) is 4.88 Å². The Labute approximate surface area is 113 Å². The van der Waals surface area contributed by atoms with Crippen molar-refractivity contribution in [1.82, 2.24) is 0 Å². The molecular weight excluding hydrogens is 273 g/mol. The summed E-state index contributed by atoms with van der Waals surface area (Å²) in [5.41, 5.74) is -1.06. The number of rotatable bonds is 2. The van der Waals surface area contributed by atoms with Gasteiger partial charge in [-0.3, -0.25) is 0 Å². The fourth-order valence-corrected chi connectivity index (χ4v) is 3.01. The van der Waals surface area contributed by atoms with Crippen LogP contribution in [-0.4, -0.2) is 5.11 Å². The second-order valence-corrected chi connectivity index (χ2v) is 5.50. The number of aryl methyl sites for hydroxylation is 1. The molecule has 0 saturated heterocycles. The zero-order valence-electron chi connectivity index (χ0n) is 10.5. The van der Waals surface area contributed by atoms with E-state index in [1.54, 1.807) is 0 Å². The molecule has 2 rings (SSSR count). The highest BCUT2D eigenvalue weighted by Gasteiger charge is 2.34. The van der Waals surface area contributed by atoms with Crippen molar-refractivity contribution >= 4 is 11.3 Å². The summed E-state index contributed by atoms with van der Waals surface area (Å²) in [6.45, 7) is 3.34. The lowest BCUT2D eigenvalue weighted by Crippen LogP contribution is -2.23. The molecule has 1 aromatic carbocycles. The summed E-state index contributed by atoms with van der Waals surface area (Å²) in [4.78, 5) is 0.659. The lowest BCUT2D eigenvalue weighted by Gasteiger charge is -2.24. The molecule has 0 aliphatic carbocycles. The molecule has 0 spiro atoms. The maximum Gasteiger partial charge on any atom is 0.416 e. The van der Waals surface area contributed by atoms with E-state index in [1.807, 2.05) is 18.4 Å². The molecule has 19 heavy (non-hydrogen) atoms. The Morgan fingerprint density at radius 1 is 1.11 bits per heavy atom. The summed E-state index contributed by atoms with van der Waals surface area (Å²) in [6.07, 6.45) is -4.41. The first kappa shape index (κ1) is 14.1. The van der Waals surface area contributed by atoms with Crippen molar-refractivity contribution in [3.8, 4) is 0 Å². The van der Waals surface area contributed by atoms with Crippen molar-refractivity contribution in [2.45, 2.75) is 25.6 Å². The largest absolute Gasteiger partial charge is 0.416 e. The van der Waals surface area contributed by atoms with Crippen LogP contribution in [0.1, 0.15) is 28.5 Å². The fourth-order valence-electron chi connectivity index (χ4n) is 2.00. The highest BCUT2D eigenvalue weighted by molar-refractivity contribution is 7.10. The average molecular weight is 286 g/mol. The Morgan fingerprint density at radius 2 is 1.74 bits per heavy atom. The van der Waals surface area contributed by atoms with Crippen molar-refractivity contribution in [2.24, 2.45) is 0 Å². The number of aliphatic hydroxyl groups is 1. The van der Waals surface area contributed by atoms with Crippen LogP contribution in [0.25, 0.3) is 0 Å². The standard InChI is InChI=1S/C14H13F3OS/c1-9-6-7-19-12(9)13(2,18)10-4-3-5-11(8-10)14(15,16)17/h3-8,18H,1-2H3. The molecule has 0 bridgehead atoms. The van der Waals surface area contributed by atoms with E-state index in [-0.39, 0.29) is 5.56 Å². The Bertz CT molecular complexity index is 584. The smallest absolute Gasteiger partial charge is 0.380 e. The molecule has 0 radical (unpaired) electrons. The Kier molecular flexibility index (Phi) is 3.45. The molecule has 5 heteroatoms. The Hall–Kier alpha value is -1.33. The number of hydrogen-bond donors (Lipinski definition) is 1. The van der Waals surface area contributed by atoms with Gasteiger partial charge in [0.15, 0.2) is 0 Å². The lowest BCUT2D eigenvalue weighted by molar-refractivity contribution is -0.137. The van der Waals surface area contributed by atoms with Crippen LogP contribution in [-0.2, 0) is 11.8 Å². The minimum absolute atomic E-state index is 0.243. The number of hydrogen-bond acceptors (Lipinski definition) is 2. The minimum Gasteiger partial charge on any atom is -0.380 e. The summed E-state index contributed by atoms with van der Waals surface area (Å²) in [6, 6.07) is 6.66. The van der Waals surface area contributed by atoms with Crippen LogP contribution < -0.4 is 0 Å². The van der Waals surface area contributed by atoms with Crippen molar-refractivity contribution in [3.63, 3.8) is 0 Å².